The number of hydrogen-bond donors (Lipinski definition) is 1. The molecule has 0 radical (unpaired) electrons. The van der Waals surface area contributed by atoms with Crippen molar-refractivity contribution in [3.05, 3.63) is 18.0 Å². The van der Waals surface area contributed by atoms with Gasteiger partial charge in [-0.25, -0.2) is 0 Å². The Balaban J connectivity index is 1.85. The molecular formula is C17H32N4. The third-order valence-electron chi connectivity index (χ3n) is 4.54. The fourth-order valence-corrected chi connectivity index (χ4v) is 3.16. The number of nitrogens with one attached hydrogen (secondary N) is 1. The van der Waals surface area contributed by atoms with E-state index < -0.39 is 0 Å². The zero-order chi connectivity index (χ0) is 15.2. The van der Waals surface area contributed by atoms with Crippen molar-refractivity contribution >= 4 is 0 Å². The highest BCUT2D eigenvalue weighted by Crippen LogP contribution is 2.21. The van der Waals surface area contributed by atoms with Crippen molar-refractivity contribution in [1.29, 1.82) is 0 Å². The first kappa shape index (κ1) is 16.5. The minimum absolute atomic E-state index is 0.450. The molecule has 1 aromatic heterocycles. The molecule has 4 nitrogen and oxygen atoms in total. The smallest absolute Gasteiger partial charge is 0.0764 e. The first-order valence-electron chi connectivity index (χ1n) is 8.60. The van der Waals surface area contributed by atoms with E-state index in [4.69, 9.17) is 0 Å². The van der Waals surface area contributed by atoms with Crippen molar-refractivity contribution in [2.75, 3.05) is 19.6 Å². The number of rotatable bonds is 7. The van der Waals surface area contributed by atoms with Crippen LogP contribution in [0.15, 0.2) is 12.3 Å². The second-order valence-electron chi connectivity index (χ2n) is 6.76. The van der Waals surface area contributed by atoms with Crippen LogP contribution in [0.3, 0.4) is 0 Å². The SMILES string of the molecule is CCCNC(C)C1CCCN(Cc2ccn(C(C)C)n2)C1. The van der Waals surface area contributed by atoms with Gasteiger partial charge in [-0.2, -0.15) is 5.10 Å². The van der Waals surface area contributed by atoms with Crippen molar-refractivity contribution in [3.8, 4) is 0 Å². The van der Waals surface area contributed by atoms with Gasteiger partial charge in [0.1, 0.15) is 0 Å². The lowest BCUT2D eigenvalue weighted by Crippen LogP contribution is -2.44. The van der Waals surface area contributed by atoms with E-state index in [9.17, 15) is 0 Å². The fraction of sp³-hybridized carbons (Fsp3) is 0.824. The lowest BCUT2D eigenvalue weighted by Gasteiger charge is -2.35. The van der Waals surface area contributed by atoms with Gasteiger partial charge in [0.25, 0.3) is 0 Å². The zero-order valence-corrected chi connectivity index (χ0v) is 14.2. The van der Waals surface area contributed by atoms with Crippen LogP contribution in [0.1, 0.15) is 58.7 Å². The Hall–Kier alpha value is -0.870. The summed E-state index contributed by atoms with van der Waals surface area (Å²) in [5, 5.41) is 8.34. The van der Waals surface area contributed by atoms with Gasteiger partial charge in [0, 0.05) is 31.4 Å². The summed E-state index contributed by atoms with van der Waals surface area (Å²) < 4.78 is 2.06. The Morgan fingerprint density at radius 1 is 1.38 bits per heavy atom. The summed E-state index contributed by atoms with van der Waals surface area (Å²) in [5.41, 5.74) is 1.21. The predicted octanol–water partition coefficient (Wildman–Crippen LogP) is 3.06. The molecule has 21 heavy (non-hydrogen) atoms. The van der Waals surface area contributed by atoms with Crippen LogP contribution < -0.4 is 5.32 Å². The highest BCUT2D eigenvalue weighted by molar-refractivity contribution is 5.00. The summed E-state index contributed by atoms with van der Waals surface area (Å²) in [7, 11) is 0. The zero-order valence-electron chi connectivity index (χ0n) is 14.2. The number of hydrogen-bond acceptors (Lipinski definition) is 3. The Bertz CT molecular complexity index is 413. The molecule has 1 saturated heterocycles. The molecule has 120 valence electrons. The molecule has 1 aliphatic rings. The van der Waals surface area contributed by atoms with Crippen LogP contribution in [-0.4, -0.2) is 40.4 Å². The Morgan fingerprint density at radius 2 is 2.19 bits per heavy atom. The lowest BCUT2D eigenvalue weighted by molar-refractivity contribution is 0.143. The molecule has 1 fully saturated rings. The van der Waals surface area contributed by atoms with E-state index in [0.717, 1.165) is 19.0 Å². The predicted molar refractivity (Wildman–Crippen MR) is 88.4 cm³/mol. The summed E-state index contributed by atoms with van der Waals surface area (Å²) in [6.45, 7) is 13.5. The van der Waals surface area contributed by atoms with Gasteiger partial charge >= 0.3 is 0 Å². The van der Waals surface area contributed by atoms with E-state index in [1.807, 2.05) is 0 Å². The highest BCUT2D eigenvalue weighted by atomic mass is 15.3. The summed E-state index contributed by atoms with van der Waals surface area (Å²) in [4.78, 5) is 2.57. The van der Waals surface area contributed by atoms with E-state index in [1.54, 1.807) is 0 Å². The molecule has 0 spiro atoms. The highest BCUT2D eigenvalue weighted by Gasteiger charge is 2.24. The maximum atomic E-state index is 4.68. The molecule has 4 heteroatoms. The average Bonchev–Trinajstić information content (AvgIpc) is 2.94. The average molecular weight is 292 g/mol. The normalized spacial score (nSPS) is 21.9. The van der Waals surface area contributed by atoms with Crippen LogP contribution in [0, 0.1) is 5.92 Å². The number of aromatic nitrogens is 2. The first-order valence-corrected chi connectivity index (χ1v) is 8.60. The van der Waals surface area contributed by atoms with Gasteiger partial charge < -0.3 is 5.32 Å². The van der Waals surface area contributed by atoms with Gasteiger partial charge in [-0.05, 0) is 65.1 Å². The van der Waals surface area contributed by atoms with Gasteiger partial charge in [0.05, 0.1) is 5.69 Å². The van der Waals surface area contributed by atoms with Gasteiger partial charge in [-0.3, -0.25) is 9.58 Å². The molecule has 2 rings (SSSR count). The molecule has 0 aromatic carbocycles. The Kier molecular flexibility index (Phi) is 6.24. The first-order chi connectivity index (χ1) is 10.1. The van der Waals surface area contributed by atoms with Gasteiger partial charge in [-0.15, -0.1) is 0 Å². The van der Waals surface area contributed by atoms with E-state index in [1.165, 1.54) is 38.0 Å². The molecule has 0 bridgehead atoms. The quantitative estimate of drug-likeness (QED) is 0.838. The van der Waals surface area contributed by atoms with Crippen LogP contribution >= 0.6 is 0 Å². The van der Waals surface area contributed by atoms with Crippen LogP contribution in [0.4, 0.5) is 0 Å². The van der Waals surface area contributed by atoms with E-state index in [-0.39, 0.29) is 0 Å². The lowest BCUT2D eigenvalue weighted by atomic mass is 9.91. The van der Waals surface area contributed by atoms with Crippen molar-refractivity contribution in [3.63, 3.8) is 0 Å². The summed E-state index contributed by atoms with van der Waals surface area (Å²) in [5.74, 6) is 0.775. The van der Waals surface area contributed by atoms with Crippen molar-refractivity contribution in [1.82, 2.24) is 20.0 Å². The van der Waals surface area contributed by atoms with Crippen molar-refractivity contribution in [2.45, 2.75) is 65.6 Å². The second kappa shape index (κ2) is 7.95. The molecule has 2 unspecified atom stereocenters. The van der Waals surface area contributed by atoms with E-state index in [2.05, 4.69) is 60.0 Å². The molecule has 0 saturated carbocycles. The standard InChI is InChI=1S/C17H32N4/c1-5-9-18-15(4)16-7-6-10-20(12-16)13-17-8-11-21(19-17)14(2)3/h8,11,14-16,18H,5-7,9-10,12-13H2,1-4H3. The monoisotopic (exact) mass is 292 g/mol. The maximum Gasteiger partial charge on any atom is 0.0764 e. The molecule has 1 aromatic rings. The summed E-state index contributed by atoms with van der Waals surface area (Å²) in [6.07, 6.45) is 5.99. The van der Waals surface area contributed by atoms with E-state index in [0.29, 0.717) is 12.1 Å². The molecule has 0 aliphatic carbocycles. The summed E-state index contributed by atoms with van der Waals surface area (Å²) in [6, 6.07) is 3.25. The molecule has 2 atom stereocenters. The van der Waals surface area contributed by atoms with Crippen LogP contribution in [-0.2, 0) is 6.54 Å². The van der Waals surface area contributed by atoms with Crippen molar-refractivity contribution in [2.24, 2.45) is 5.92 Å². The van der Waals surface area contributed by atoms with E-state index >= 15 is 0 Å². The van der Waals surface area contributed by atoms with Crippen molar-refractivity contribution < 1.29 is 0 Å². The van der Waals surface area contributed by atoms with Gasteiger partial charge in [-0.1, -0.05) is 6.92 Å². The van der Waals surface area contributed by atoms with Gasteiger partial charge in [0.15, 0.2) is 0 Å². The largest absolute Gasteiger partial charge is 0.314 e. The number of nitrogens with zero attached hydrogens (tertiary/aromatic N) is 3. The summed E-state index contributed by atoms with van der Waals surface area (Å²) >= 11 is 0. The minimum Gasteiger partial charge on any atom is -0.314 e. The third kappa shape index (κ3) is 4.82. The minimum atomic E-state index is 0.450. The van der Waals surface area contributed by atoms with Gasteiger partial charge in [0.2, 0.25) is 0 Å². The molecule has 1 N–H and O–H groups in total. The third-order valence-corrected chi connectivity index (χ3v) is 4.54. The Morgan fingerprint density at radius 3 is 2.86 bits per heavy atom. The maximum absolute atomic E-state index is 4.68. The fourth-order valence-electron chi connectivity index (χ4n) is 3.16. The Labute approximate surface area is 129 Å². The molecule has 1 aliphatic heterocycles. The van der Waals surface area contributed by atoms with Crippen LogP contribution in [0.25, 0.3) is 0 Å². The van der Waals surface area contributed by atoms with Crippen LogP contribution in [0.2, 0.25) is 0 Å². The number of piperidine rings is 1. The number of likely N-dealkylation sites (tertiary alicyclic amines) is 1. The molecule has 0 amide bonds. The second-order valence-corrected chi connectivity index (χ2v) is 6.76. The van der Waals surface area contributed by atoms with Crippen LogP contribution in [0.5, 0.6) is 0 Å². The molecular weight excluding hydrogens is 260 g/mol. The molecule has 2 heterocycles. The topological polar surface area (TPSA) is 33.1 Å².